The highest BCUT2D eigenvalue weighted by atomic mass is 19.1. The van der Waals surface area contributed by atoms with E-state index in [1.54, 1.807) is 6.92 Å². The lowest BCUT2D eigenvalue weighted by molar-refractivity contribution is 0.0753. The number of aliphatic hydroxyl groups is 1. The smallest absolute Gasteiger partial charge is 0.124 e. The lowest BCUT2D eigenvalue weighted by Gasteiger charge is -2.20. The molecule has 0 aliphatic rings. The molecule has 0 aromatic heterocycles. The molecule has 2 N–H and O–H groups in total. The van der Waals surface area contributed by atoms with E-state index in [0.29, 0.717) is 5.56 Å². The zero-order chi connectivity index (χ0) is 10.2. The van der Waals surface area contributed by atoms with Crippen molar-refractivity contribution in [1.29, 1.82) is 0 Å². The van der Waals surface area contributed by atoms with Gasteiger partial charge in [0.15, 0.2) is 0 Å². The summed E-state index contributed by atoms with van der Waals surface area (Å²) in [6.45, 7) is 4.59. The molecule has 0 aliphatic heterocycles. The van der Waals surface area contributed by atoms with E-state index in [-0.39, 0.29) is 11.3 Å². The van der Waals surface area contributed by atoms with E-state index in [9.17, 15) is 14.6 Å². The van der Waals surface area contributed by atoms with Crippen molar-refractivity contribution in [2.45, 2.75) is 26.4 Å². The summed E-state index contributed by atoms with van der Waals surface area (Å²) in [7, 11) is 0. The van der Waals surface area contributed by atoms with E-state index < -0.39 is 11.4 Å². The summed E-state index contributed by atoms with van der Waals surface area (Å²) in [6, 6.07) is 2.37. The van der Waals surface area contributed by atoms with Crippen LogP contribution in [0.1, 0.15) is 25.0 Å². The fourth-order valence-electron chi connectivity index (χ4n) is 1.20. The Hall–Kier alpha value is -1.09. The number of rotatable bonds is 1. The first kappa shape index (κ1) is 9.99. The zero-order valence-electron chi connectivity index (χ0n) is 7.93. The quantitative estimate of drug-likeness (QED) is 0.701. The molecule has 0 saturated heterocycles. The Labute approximate surface area is 76.6 Å². The van der Waals surface area contributed by atoms with Crippen molar-refractivity contribution in [2.24, 2.45) is 0 Å². The molecule has 0 unspecified atom stereocenters. The van der Waals surface area contributed by atoms with Gasteiger partial charge >= 0.3 is 0 Å². The topological polar surface area (TPSA) is 40.5 Å². The summed E-state index contributed by atoms with van der Waals surface area (Å²) in [4.78, 5) is 0. The molecule has 0 heterocycles. The third-order valence-electron chi connectivity index (χ3n) is 1.92. The lowest BCUT2D eigenvalue weighted by atomic mass is 9.95. The van der Waals surface area contributed by atoms with E-state index >= 15 is 0 Å². The Morgan fingerprint density at radius 3 is 2.31 bits per heavy atom. The molecule has 0 spiro atoms. The van der Waals surface area contributed by atoms with Crippen LogP contribution in [0.3, 0.4) is 0 Å². The van der Waals surface area contributed by atoms with Crippen molar-refractivity contribution in [3.63, 3.8) is 0 Å². The predicted molar refractivity (Wildman–Crippen MR) is 48.0 cm³/mol. The van der Waals surface area contributed by atoms with Gasteiger partial charge in [-0.3, -0.25) is 0 Å². The van der Waals surface area contributed by atoms with Gasteiger partial charge in [-0.1, -0.05) is 0 Å². The van der Waals surface area contributed by atoms with Gasteiger partial charge in [0.2, 0.25) is 0 Å². The minimum Gasteiger partial charge on any atom is -0.507 e. The Bertz CT molecular complexity index is 326. The minimum atomic E-state index is -1.23. The Morgan fingerprint density at radius 1 is 1.31 bits per heavy atom. The molecule has 3 heteroatoms. The van der Waals surface area contributed by atoms with Crippen molar-refractivity contribution in [2.75, 3.05) is 0 Å². The summed E-state index contributed by atoms with van der Waals surface area (Å²) >= 11 is 0. The van der Waals surface area contributed by atoms with Crippen LogP contribution in [-0.2, 0) is 5.60 Å². The highest BCUT2D eigenvalue weighted by Gasteiger charge is 2.22. The highest BCUT2D eigenvalue weighted by Crippen LogP contribution is 2.31. The van der Waals surface area contributed by atoms with Crippen LogP contribution < -0.4 is 0 Å². The van der Waals surface area contributed by atoms with Gasteiger partial charge in [0.1, 0.15) is 11.6 Å². The standard InChI is InChI=1S/C10H13FO2/c1-6-4-7(11)5-8(9(6)12)10(2,3)13/h4-5,12-13H,1-3H3. The van der Waals surface area contributed by atoms with Crippen molar-refractivity contribution < 1.29 is 14.6 Å². The van der Waals surface area contributed by atoms with Gasteiger partial charge in [0, 0.05) is 5.56 Å². The van der Waals surface area contributed by atoms with Gasteiger partial charge in [0.05, 0.1) is 5.60 Å². The van der Waals surface area contributed by atoms with Crippen LogP contribution in [0.4, 0.5) is 4.39 Å². The van der Waals surface area contributed by atoms with Gasteiger partial charge in [-0.25, -0.2) is 4.39 Å². The van der Waals surface area contributed by atoms with Crippen molar-refractivity contribution in [3.8, 4) is 5.75 Å². The molecule has 0 fully saturated rings. The molecule has 0 amide bonds. The molecule has 13 heavy (non-hydrogen) atoms. The number of benzene rings is 1. The molecule has 1 aromatic rings. The fourth-order valence-corrected chi connectivity index (χ4v) is 1.20. The molecule has 0 radical (unpaired) electrons. The number of hydrogen-bond acceptors (Lipinski definition) is 2. The molecular formula is C10H13FO2. The Balaban J connectivity index is 3.37. The molecule has 1 aromatic carbocycles. The monoisotopic (exact) mass is 184 g/mol. The number of hydrogen-bond donors (Lipinski definition) is 2. The third kappa shape index (κ3) is 1.98. The fraction of sp³-hybridized carbons (Fsp3) is 0.400. The summed E-state index contributed by atoms with van der Waals surface area (Å²) in [5.74, 6) is -0.499. The van der Waals surface area contributed by atoms with E-state index in [1.165, 1.54) is 19.9 Å². The maximum atomic E-state index is 12.9. The van der Waals surface area contributed by atoms with Gasteiger partial charge in [0.25, 0.3) is 0 Å². The molecular weight excluding hydrogens is 171 g/mol. The van der Waals surface area contributed by atoms with E-state index in [0.717, 1.165) is 6.07 Å². The van der Waals surface area contributed by atoms with Gasteiger partial charge in [-0.2, -0.15) is 0 Å². The minimum absolute atomic E-state index is 0.0473. The number of aromatic hydroxyl groups is 1. The first-order chi connectivity index (χ1) is 5.82. The van der Waals surface area contributed by atoms with Crippen molar-refractivity contribution in [3.05, 3.63) is 29.1 Å². The molecule has 0 saturated carbocycles. The first-order valence-electron chi connectivity index (χ1n) is 4.04. The van der Waals surface area contributed by atoms with Crippen molar-refractivity contribution in [1.82, 2.24) is 0 Å². The van der Waals surface area contributed by atoms with E-state index in [4.69, 9.17) is 0 Å². The lowest BCUT2D eigenvalue weighted by Crippen LogP contribution is -2.16. The van der Waals surface area contributed by atoms with Crippen LogP contribution in [0.15, 0.2) is 12.1 Å². The van der Waals surface area contributed by atoms with Crippen molar-refractivity contribution >= 4 is 0 Å². The normalized spacial score (nSPS) is 11.8. The highest BCUT2D eigenvalue weighted by molar-refractivity contribution is 5.42. The molecule has 0 bridgehead atoms. The average Bonchev–Trinajstić information content (AvgIpc) is 1.94. The second-order valence-electron chi connectivity index (χ2n) is 3.68. The molecule has 1 rings (SSSR count). The third-order valence-corrected chi connectivity index (χ3v) is 1.92. The number of aryl methyl sites for hydroxylation is 1. The molecule has 72 valence electrons. The molecule has 2 nitrogen and oxygen atoms in total. The van der Waals surface area contributed by atoms with Crippen LogP contribution in [0.2, 0.25) is 0 Å². The first-order valence-corrected chi connectivity index (χ1v) is 4.04. The van der Waals surface area contributed by atoms with Gasteiger partial charge < -0.3 is 10.2 Å². The zero-order valence-corrected chi connectivity index (χ0v) is 7.93. The Morgan fingerprint density at radius 2 is 1.85 bits per heavy atom. The van der Waals surface area contributed by atoms with Crippen LogP contribution in [0.25, 0.3) is 0 Å². The largest absolute Gasteiger partial charge is 0.507 e. The summed E-state index contributed by atoms with van der Waals surface area (Å²) in [5, 5.41) is 19.1. The summed E-state index contributed by atoms with van der Waals surface area (Å²) < 4.78 is 12.9. The van der Waals surface area contributed by atoms with Crippen LogP contribution >= 0.6 is 0 Å². The van der Waals surface area contributed by atoms with E-state index in [2.05, 4.69) is 0 Å². The van der Waals surface area contributed by atoms with Gasteiger partial charge in [-0.05, 0) is 38.5 Å². The van der Waals surface area contributed by atoms with Crippen LogP contribution in [0.5, 0.6) is 5.75 Å². The van der Waals surface area contributed by atoms with E-state index in [1.807, 2.05) is 0 Å². The summed E-state index contributed by atoms with van der Waals surface area (Å²) in [5.41, 5.74) is -0.584. The second-order valence-corrected chi connectivity index (χ2v) is 3.68. The predicted octanol–water partition coefficient (Wildman–Crippen LogP) is 2.07. The Kier molecular flexibility index (Phi) is 2.30. The summed E-state index contributed by atoms with van der Waals surface area (Å²) in [6.07, 6.45) is 0. The maximum absolute atomic E-state index is 12.9. The number of halogens is 1. The van der Waals surface area contributed by atoms with Gasteiger partial charge in [-0.15, -0.1) is 0 Å². The average molecular weight is 184 g/mol. The van der Waals surface area contributed by atoms with Crippen LogP contribution in [0, 0.1) is 12.7 Å². The second kappa shape index (κ2) is 3.00. The molecule has 0 atom stereocenters. The SMILES string of the molecule is Cc1cc(F)cc(C(C)(C)O)c1O. The molecule has 0 aliphatic carbocycles. The maximum Gasteiger partial charge on any atom is 0.124 e. The number of phenolic OH excluding ortho intramolecular Hbond substituents is 1. The number of phenols is 1. The van der Waals surface area contributed by atoms with Crippen LogP contribution in [-0.4, -0.2) is 10.2 Å².